The standard InChI is InChI=1S/C13H20N2/c1-2-13(8-4-6-10-15-13)11-12-7-3-5-9-14-12/h3,5,7,9,15H,2,4,6,8,10-11H2,1H3. The summed E-state index contributed by atoms with van der Waals surface area (Å²) < 4.78 is 0. The first kappa shape index (κ1) is 10.6. The van der Waals surface area contributed by atoms with E-state index in [1.54, 1.807) is 0 Å². The molecule has 0 aromatic carbocycles. The molecule has 0 aliphatic carbocycles. The van der Waals surface area contributed by atoms with Crippen molar-refractivity contribution < 1.29 is 0 Å². The van der Waals surface area contributed by atoms with E-state index < -0.39 is 0 Å². The molecule has 82 valence electrons. The summed E-state index contributed by atoms with van der Waals surface area (Å²) in [7, 11) is 0. The molecule has 1 aromatic heterocycles. The van der Waals surface area contributed by atoms with Crippen LogP contribution in [-0.2, 0) is 6.42 Å². The SMILES string of the molecule is CCC1(Cc2ccccn2)CCCCN1. The van der Waals surface area contributed by atoms with Gasteiger partial charge in [0.2, 0.25) is 0 Å². The molecule has 1 aromatic rings. The minimum Gasteiger partial charge on any atom is -0.311 e. The summed E-state index contributed by atoms with van der Waals surface area (Å²) in [6, 6.07) is 6.19. The van der Waals surface area contributed by atoms with Gasteiger partial charge in [-0.25, -0.2) is 0 Å². The highest BCUT2D eigenvalue weighted by molar-refractivity contribution is 5.09. The first-order chi connectivity index (χ1) is 7.35. The van der Waals surface area contributed by atoms with E-state index in [2.05, 4.69) is 29.4 Å². The third-order valence-electron chi connectivity index (χ3n) is 3.50. The summed E-state index contributed by atoms with van der Waals surface area (Å²) in [4.78, 5) is 4.43. The average Bonchev–Trinajstić information content (AvgIpc) is 2.32. The number of rotatable bonds is 3. The maximum Gasteiger partial charge on any atom is 0.0421 e. The number of pyridine rings is 1. The molecular formula is C13H20N2. The van der Waals surface area contributed by atoms with Gasteiger partial charge in [-0.05, 0) is 37.9 Å². The molecule has 15 heavy (non-hydrogen) atoms. The Morgan fingerprint density at radius 3 is 2.93 bits per heavy atom. The molecule has 1 saturated heterocycles. The molecule has 2 heteroatoms. The van der Waals surface area contributed by atoms with Gasteiger partial charge >= 0.3 is 0 Å². The maximum atomic E-state index is 4.43. The highest BCUT2D eigenvalue weighted by atomic mass is 15.0. The Balaban J connectivity index is 2.07. The first-order valence-electron chi connectivity index (χ1n) is 6.00. The van der Waals surface area contributed by atoms with Crippen LogP contribution in [0.5, 0.6) is 0 Å². The molecule has 1 aliphatic rings. The summed E-state index contributed by atoms with van der Waals surface area (Å²) >= 11 is 0. The second-order valence-electron chi connectivity index (χ2n) is 4.52. The molecule has 2 rings (SSSR count). The van der Waals surface area contributed by atoms with Crippen LogP contribution in [0.4, 0.5) is 0 Å². The topological polar surface area (TPSA) is 24.9 Å². The molecule has 1 aliphatic heterocycles. The van der Waals surface area contributed by atoms with Gasteiger partial charge in [0.05, 0.1) is 0 Å². The van der Waals surface area contributed by atoms with Gasteiger partial charge in [-0.15, -0.1) is 0 Å². The lowest BCUT2D eigenvalue weighted by Crippen LogP contribution is -2.49. The third kappa shape index (κ3) is 2.57. The van der Waals surface area contributed by atoms with E-state index in [9.17, 15) is 0 Å². The smallest absolute Gasteiger partial charge is 0.0421 e. The molecule has 0 spiro atoms. The van der Waals surface area contributed by atoms with Gasteiger partial charge < -0.3 is 5.32 Å². The van der Waals surface area contributed by atoms with E-state index in [1.165, 1.54) is 37.9 Å². The Hall–Kier alpha value is -0.890. The Labute approximate surface area is 92.1 Å². The van der Waals surface area contributed by atoms with Crippen LogP contribution in [0.3, 0.4) is 0 Å². The molecule has 1 unspecified atom stereocenters. The molecule has 2 nitrogen and oxygen atoms in total. The van der Waals surface area contributed by atoms with Crippen molar-refractivity contribution >= 4 is 0 Å². The van der Waals surface area contributed by atoms with Gasteiger partial charge in [-0.2, -0.15) is 0 Å². The molecule has 1 atom stereocenters. The Morgan fingerprint density at radius 1 is 1.40 bits per heavy atom. The number of piperidine rings is 1. The van der Waals surface area contributed by atoms with Crippen molar-refractivity contribution in [3.8, 4) is 0 Å². The van der Waals surface area contributed by atoms with Gasteiger partial charge in [0.1, 0.15) is 0 Å². The number of nitrogens with one attached hydrogen (secondary N) is 1. The lowest BCUT2D eigenvalue weighted by atomic mass is 9.82. The summed E-state index contributed by atoms with van der Waals surface area (Å²) in [6.45, 7) is 3.45. The van der Waals surface area contributed by atoms with E-state index in [1.807, 2.05) is 12.3 Å². The molecule has 0 saturated carbocycles. The van der Waals surface area contributed by atoms with Crippen molar-refractivity contribution in [3.63, 3.8) is 0 Å². The van der Waals surface area contributed by atoms with Crippen LogP contribution in [0.15, 0.2) is 24.4 Å². The minimum atomic E-state index is 0.312. The van der Waals surface area contributed by atoms with Crippen molar-refractivity contribution in [2.45, 2.75) is 44.6 Å². The normalized spacial score (nSPS) is 26.5. The molecule has 2 heterocycles. The van der Waals surface area contributed by atoms with Crippen LogP contribution < -0.4 is 5.32 Å². The summed E-state index contributed by atoms with van der Waals surface area (Å²) in [6.07, 6.45) is 8.13. The summed E-state index contributed by atoms with van der Waals surface area (Å²) in [5, 5.41) is 3.69. The molecule has 0 amide bonds. The minimum absolute atomic E-state index is 0.312. The summed E-state index contributed by atoms with van der Waals surface area (Å²) in [5.74, 6) is 0. The van der Waals surface area contributed by atoms with E-state index in [-0.39, 0.29) is 0 Å². The van der Waals surface area contributed by atoms with Crippen molar-refractivity contribution in [2.24, 2.45) is 0 Å². The predicted molar refractivity (Wildman–Crippen MR) is 62.8 cm³/mol. The van der Waals surface area contributed by atoms with Crippen LogP contribution in [0.25, 0.3) is 0 Å². The fraction of sp³-hybridized carbons (Fsp3) is 0.615. The second kappa shape index (κ2) is 4.75. The molecule has 1 fully saturated rings. The van der Waals surface area contributed by atoms with Gasteiger partial charge in [-0.1, -0.05) is 19.4 Å². The average molecular weight is 204 g/mol. The highest BCUT2D eigenvalue weighted by Crippen LogP contribution is 2.26. The van der Waals surface area contributed by atoms with Crippen molar-refractivity contribution in [1.82, 2.24) is 10.3 Å². The van der Waals surface area contributed by atoms with Crippen LogP contribution in [0.1, 0.15) is 38.3 Å². The van der Waals surface area contributed by atoms with Crippen molar-refractivity contribution in [1.29, 1.82) is 0 Å². The highest BCUT2D eigenvalue weighted by Gasteiger charge is 2.29. The van der Waals surface area contributed by atoms with E-state index >= 15 is 0 Å². The number of hydrogen-bond acceptors (Lipinski definition) is 2. The number of aromatic nitrogens is 1. The molecular weight excluding hydrogens is 184 g/mol. The maximum absolute atomic E-state index is 4.43. The largest absolute Gasteiger partial charge is 0.311 e. The monoisotopic (exact) mass is 204 g/mol. The van der Waals surface area contributed by atoms with Gasteiger partial charge in [0, 0.05) is 23.9 Å². The van der Waals surface area contributed by atoms with E-state index in [0.29, 0.717) is 5.54 Å². The Kier molecular flexibility index (Phi) is 3.37. The van der Waals surface area contributed by atoms with Crippen molar-refractivity contribution in [2.75, 3.05) is 6.54 Å². The van der Waals surface area contributed by atoms with E-state index in [0.717, 1.165) is 6.42 Å². The van der Waals surface area contributed by atoms with Crippen LogP contribution in [-0.4, -0.2) is 17.1 Å². The van der Waals surface area contributed by atoms with Crippen LogP contribution in [0, 0.1) is 0 Å². The van der Waals surface area contributed by atoms with Gasteiger partial charge in [0.25, 0.3) is 0 Å². The first-order valence-corrected chi connectivity index (χ1v) is 6.00. The zero-order valence-electron chi connectivity index (χ0n) is 9.50. The molecule has 0 radical (unpaired) electrons. The zero-order chi connectivity index (χ0) is 10.6. The fourth-order valence-corrected chi connectivity index (χ4v) is 2.46. The Bertz CT molecular complexity index is 289. The van der Waals surface area contributed by atoms with Gasteiger partial charge in [-0.3, -0.25) is 4.98 Å². The predicted octanol–water partition coefficient (Wildman–Crippen LogP) is 2.55. The zero-order valence-corrected chi connectivity index (χ0v) is 9.50. The van der Waals surface area contributed by atoms with E-state index in [4.69, 9.17) is 0 Å². The lowest BCUT2D eigenvalue weighted by Gasteiger charge is -2.37. The number of nitrogens with zero attached hydrogens (tertiary/aromatic N) is 1. The van der Waals surface area contributed by atoms with Crippen molar-refractivity contribution in [3.05, 3.63) is 30.1 Å². The molecule has 0 bridgehead atoms. The number of hydrogen-bond donors (Lipinski definition) is 1. The molecule has 1 N–H and O–H groups in total. The summed E-state index contributed by atoms with van der Waals surface area (Å²) in [5.41, 5.74) is 1.53. The van der Waals surface area contributed by atoms with Crippen LogP contribution in [0.2, 0.25) is 0 Å². The third-order valence-corrected chi connectivity index (χ3v) is 3.50. The Morgan fingerprint density at radius 2 is 2.33 bits per heavy atom. The lowest BCUT2D eigenvalue weighted by molar-refractivity contribution is 0.241. The quantitative estimate of drug-likeness (QED) is 0.818. The van der Waals surface area contributed by atoms with Crippen LogP contribution >= 0.6 is 0 Å². The fourth-order valence-electron chi connectivity index (χ4n) is 2.46. The second-order valence-corrected chi connectivity index (χ2v) is 4.52. The van der Waals surface area contributed by atoms with Gasteiger partial charge in [0.15, 0.2) is 0 Å².